The molecular weight excluding hydrogens is 863 g/mol. The van der Waals surface area contributed by atoms with E-state index in [0.717, 1.165) is 45.1 Å². The molecule has 3 nitrogen and oxygen atoms in total. The highest BCUT2D eigenvalue weighted by molar-refractivity contribution is 6.00. The van der Waals surface area contributed by atoms with Crippen molar-refractivity contribution in [2.75, 3.05) is 4.90 Å². The predicted molar refractivity (Wildman–Crippen MR) is 286 cm³/mol. The quantitative estimate of drug-likeness (QED) is 0.176. The second-order valence-electron chi connectivity index (χ2n) is 19.3. The monoisotopic (exact) mass is 903 g/mol. The van der Waals surface area contributed by atoms with Gasteiger partial charge < -0.3 is 14.4 Å². The summed E-state index contributed by atoms with van der Waals surface area (Å²) in [5.74, 6) is 2.76. The lowest BCUT2D eigenvalue weighted by Crippen LogP contribution is -2.26. The minimum atomic E-state index is -0.520. The molecule has 5 aliphatic rings. The summed E-state index contributed by atoms with van der Waals surface area (Å²) < 4.78 is 14.7. The number of fused-ring (bicyclic) bond motifs is 23. The fourth-order valence-electron chi connectivity index (χ4n) is 13.6. The van der Waals surface area contributed by atoms with Gasteiger partial charge in [-0.25, -0.2) is 0 Å². The Labute approximate surface area is 412 Å². The first kappa shape index (κ1) is 38.8. The molecule has 0 aromatic heterocycles. The van der Waals surface area contributed by atoms with Crippen LogP contribution >= 0.6 is 0 Å². The number of benzene rings is 11. The molecule has 0 amide bonds. The first-order valence-corrected chi connectivity index (χ1v) is 24.6. The van der Waals surface area contributed by atoms with Crippen molar-refractivity contribution in [1.29, 1.82) is 0 Å². The maximum atomic E-state index is 7.62. The van der Waals surface area contributed by atoms with Crippen molar-refractivity contribution in [3.05, 3.63) is 293 Å². The zero-order valence-corrected chi connectivity index (χ0v) is 38.4. The summed E-state index contributed by atoms with van der Waals surface area (Å²) in [6.45, 7) is 0. The number of hydrogen-bond donors (Lipinski definition) is 0. The number of hydrogen-bond acceptors (Lipinski definition) is 3. The summed E-state index contributed by atoms with van der Waals surface area (Å²) in [6, 6.07) is 91.1. The highest BCUT2D eigenvalue weighted by Crippen LogP contribution is 2.68. The van der Waals surface area contributed by atoms with Crippen LogP contribution in [-0.4, -0.2) is 0 Å². The summed E-state index contributed by atoms with van der Waals surface area (Å²) in [6.07, 6.45) is 0. The molecule has 2 spiro atoms. The van der Waals surface area contributed by atoms with E-state index in [1.54, 1.807) is 0 Å². The Hall–Kier alpha value is -9.18. The molecule has 330 valence electrons. The Bertz CT molecular complexity index is 3980. The molecule has 71 heavy (non-hydrogen) atoms. The van der Waals surface area contributed by atoms with Crippen LogP contribution in [0.2, 0.25) is 0 Å². The van der Waals surface area contributed by atoms with Crippen molar-refractivity contribution in [2.24, 2.45) is 0 Å². The summed E-state index contributed by atoms with van der Waals surface area (Å²) in [5, 5.41) is 0. The molecule has 0 atom stereocenters. The van der Waals surface area contributed by atoms with E-state index < -0.39 is 10.8 Å². The Kier molecular flexibility index (Phi) is 7.75. The zero-order chi connectivity index (χ0) is 46.4. The van der Waals surface area contributed by atoms with Gasteiger partial charge in [0.05, 0.1) is 22.2 Å². The van der Waals surface area contributed by atoms with Gasteiger partial charge in [0.15, 0.2) is 23.0 Å². The van der Waals surface area contributed by atoms with Crippen molar-refractivity contribution >= 4 is 17.1 Å². The van der Waals surface area contributed by atoms with Crippen LogP contribution in [0.25, 0.3) is 55.6 Å². The molecule has 1 aliphatic heterocycles. The van der Waals surface area contributed by atoms with Crippen LogP contribution in [-0.2, 0) is 10.8 Å². The van der Waals surface area contributed by atoms with Crippen molar-refractivity contribution in [1.82, 2.24) is 0 Å². The Morgan fingerprint density at radius 1 is 0.268 bits per heavy atom. The van der Waals surface area contributed by atoms with Gasteiger partial charge in [0.2, 0.25) is 0 Å². The Morgan fingerprint density at radius 2 is 0.704 bits per heavy atom. The predicted octanol–water partition coefficient (Wildman–Crippen LogP) is 17.4. The van der Waals surface area contributed by atoms with Gasteiger partial charge in [0, 0.05) is 16.8 Å². The van der Waals surface area contributed by atoms with Gasteiger partial charge in [0.1, 0.15) is 0 Å². The Morgan fingerprint density at radius 3 is 1.28 bits per heavy atom. The van der Waals surface area contributed by atoms with E-state index in [1.165, 1.54) is 77.9 Å². The van der Waals surface area contributed by atoms with Gasteiger partial charge >= 0.3 is 0 Å². The number of rotatable bonds is 4. The van der Waals surface area contributed by atoms with E-state index in [9.17, 15) is 0 Å². The molecule has 0 radical (unpaired) electrons. The molecule has 0 saturated heterocycles. The first-order chi connectivity index (χ1) is 35.2. The lowest BCUT2D eigenvalue weighted by Gasteiger charge is -2.34. The average molecular weight is 904 g/mol. The largest absolute Gasteiger partial charge is 0.449 e. The van der Waals surface area contributed by atoms with E-state index in [0.29, 0.717) is 17.2 Å². The topological polar surface area (TPSA) is 21.7 Å². The molecule has 0 bridgehead atoms. The number of para-hydroxylation sites is 2. The van der Waals surface area contributed by atoms with E-state index >= 15 is 0 Å². The molecule has 16 rings (SSSR count). The minimum absolute atomic E-state index is 0.518. The lowest BCUT2D eigenvalue weighted by atomic mass is 9.70. The van der Waals surface area contributed by atoms with E-state index in [1.807, 2.05) is 6.07 Å². The van der Waals surface area contributed by atoms with Gasteiger partial charge in [-0.1, -0.05) is 212 Å². The SMILES string of the molecule is c1ccc(-c2ccccc2N(c2ccc3c(c2)C2(c4ccccc4-c4ccccc42)c2ccccc2-3)c2cccc3c2Oc2c(ccc4c2-c2ccccc2C42c4ccccc4-c4ccccc42)O3)cc1. The molecule has 4 aliphatic carbocycles. The first-order valence-electron chi connectivity index (χ1n) is 24.6. The molecule has 11 aromatic carbocycles. The number of ether oxygens (including phenoxy) is 2. The van der Waals surface area contributed by atoms with Crippen molar-refractivity contribution < 1.29 is 9.47 Å². The molecule has 0 unspecified atom stereocenters. The maximum absolute atomic E-state index is 7.62. The summed E-state index contributed by atoms with van der Waals surface area (Å²) >= 11 is 0. The number of anilines is 3. The number of nitrogens with zero attached hydrogens (tertiary/aromatic N) is 1. The van der Waals surface area contributed by atoms with Crippen LogP contribution in [0, 0.1) is 0 Å². The van der Waals surface area contributed by atoms with Crippen LogP contribution in [0.15, 0.2) is 249 Å². The smallest absolute Gasteiger partial charge is 0.194 e. The second kappa shape index (κ2) is 14.2. The molecule has 11 aromatic rings. The van der Waals surface area contributed by atoms with Crippen molar-refractivity contribution in [2.45, 2.75) is 10.8 Å². The van der Waals surface area contributed by atoms with Gasteiger partial charge in [-0.15, -0.1) is 0 Å². The van der Waals surface area contributed by atoms with E-state index in [2.05, 4.69) is 248 Å². The third-order valence-electron chi connectivity index (χ3n) is 16.2. The highest BCUT2D eigenvalue weighted by atomic mass is 16.6. The molecule has 3 heteroatoms. The Balaban J connectivity index is 0.941. The van der Waals surface area contributed by atoms with E-state index in [4.69, 9.17) is 9.47 Å². The van der Waals surface area contributed by atoms with Crippen LogP contribution in [0.4, 0.5) is 17.1 Å². The normalized spacial score (nSPS) is 14.4. The summed E-state index contributed by atoms with van der Waals surface area (Å²) in [4.78, 5) is 2.40. The molecule has 1 heterocycles. The third kappa shape index (κ3) is 4.87. The van der Waals surface area contributed by atoms with Crippen LogP contribution in [0.1, 0.15) is 44.5 Å². The molecular formula is C68H41NO2. The molecule has 0 saturated carbocycles. The third-order valence-corrected chi connectivity index (χ3v) is 16.2. The van der Waals surface area contributed by atoms with Gasteiger partial charge in [-0.2, -0.15) is 0 Å². The zero-order valence-electron chi connectivity index (χ0n) is 38.4. The highest BCUT2D eigenvalue weighted by Gasteiger charge is 2.54. The second-order valence-corrected chi connectivity index (χ2v) is 19.3. The van der Waals surface area contributed by atoms with Crippen LogP contribution < -0.4 is 14.4 Å². The molecule has 0 fully saturated rings. The maximum Gasteiger partial charge on any atom is 0.194 e. The standard InChI is InChI=1S/C68H41NO2/c1-2-19-42(20-3-1)44-21-10-17-34-60(44)69(43-37-38-50-49-26-8-15-32-56(49)68(59(50)41-43)54-30-13-6-24-47(54)48-25-7-14-31-55(48)68)61-35-18-36-62-65(61)71-66-63(70-62)40-39-58-64(66)51-27-9-16-33-57(51)67(58)52-28-11-4-22-45(52)46-23-5-12-29-53(46)67/h1-41H. The van der Waals surface area contributed by atoms with Crippen molar-refractivity contribution in [3.8, 4) is 78.6 Å². The minimum Gasteiger partial charge on any atom is -0.449 e. The van der Waals surface area contributed by atoms with Gasteiger partial charge in [-0.05, 0) is 125 Å². The van der Waals surface area contributed by atoms with Crippen molar-refractivity contribution in [3.63, 3.8) is 0 Å². The molecule has 0 N–H and O–H groups in total. The van der Waals surface area contributed by atoms with Crippen LogP contribution in [0.5, 0.6) is 23.0 Å². The van der Waals surface area contributed by atoms with E-state index in [-0.39, 0.29) is 0 Å². The lowest BCUT2D eigenvalue weighted by molar-refractivity contribution is 0.361. The summed E-state index contributed by atoms with van der Waals surface area (Å²) in [5.41, 5.74) is 24.2. The summed E-state index contributed by atoms with van der Waals surface area (Å²) in [7, 11) is 0. The fraction of sp³-hybridized carbons (Fsp3) is 0.0294. The van der Waals surface area contributed by atoms with Gasteiger partial charge in [-0.3, -0.25) is 0 Å². The fourth-order valence-corrected chi connectivity index (χ4v) is 13.6. The van der Waals surface area contributed by atoms with Gasteiger partial charge in [0.25, 0.3) is 0 Å². The van der Waals surface area contributed by atoms with Crippen LogP contribution in [0.3, 0.4) is 0 Å². The average Bonchev–Trinajstić information content (AvgIpc) is 4.13.